The number of hydrogen-bond donors (Lipinski definition) is 3. The summed E-state index contributed by atoms with van der Waals surface area (Å²) in [5, 5.41) is 35.6. The number of oxime groups is 1. The second kappa shape index (κ2) is 4.73. The molecule has 1 aromatic carbocycles. The Balaban J connectivity index is 1.58. The van der Waals surface area contributed by atoms with E-state index >= 15 is 0 Å². The van der Waals surface area contributed by atoms with Gasteiger partial charge in [0.1, 0.15) is 0 Å². The maximum Gasteiger partial charge on any atom is 0.166 e. The summed E-state index contributed by atoms with van der Waals surface area (Å²) in [6, 6.07) is 3.74. The van der Waals surface area contributed by atoms with Gasteiger partial charge >= 0.3 is 0 Å². The van der Waals surface area contributed by atoms with Gasteiger partial charge < -0.3 is 20.2 Å². The molecule has 4 atom stereocenters. The largest absolute Gasteiger partial charge is 0.504 e. The van der Waals surface area contributed by atoms with Crippen LogP contribution in [0.3, 0.4) is 0 Å². The summed E-state index contributed by atoms with van der Waals surface area (Å²) in [6.07, 6.45) is 4.77. The maximum atomic E-state index is 12.1. The van der Waals surface area contributed by atoms with Crippen LogP contribution in [0.4, 0.5) is 0 Å². The van der Waals surface area contributed by atoms with Gasteiger partial charge in [-0.05, 0) is 62.6 Å². The van der Waals surface area contributed by atoms with Gasteiger partial charge in [-0.2, -0.15) is 0 Å². The molecule has 0 aromatic heterocycles. The Labute approximate surface area is 152 Å². The van der Waals surface area contributed by atoms with Crippen LogP contribution in [0.5, 0.6) is 11.5 Å². The predicted octanol–water partition coefficient (Wildman–Crippen LogP) is 1.79. The molecule has 2 bridgehead atoms. The van der Waals surface area contributed by atoms with Crippen LogP contribution in [0.15, 0.2) is 17.3 Å². The van der Waals surface area contributed by atoms with Gasteiger partial charge in [-0.3, -0.25) is 4.90 Å². The Morgan fingerprint density at radius 2 is 2.12 bits per heavy atom. The van der Waals surface area contributed by atoms with Crippen LogP contribution < -0.4 is 4.74 Å². The van der Waals surface area contributed by atoms with Crippen molar-refractivity contribution in [1.82, 2.24) is 4.90 Å². The van der Waals surface area contributed by atoms with Crippen LogP contribution in [0.1, 0.15) is 43.2 Å². The van der Waals surface area contributed by atoms with Gasteiger partial charge in [-0.25, -0.2) is 0 Å². The number of aliphatic hydroxyl groups is 1. The normalized spacial score (nSPS) is 41.8. The third-order valence-electron chi connectivity index (χ3n) is 7.71. The highest BCUT2D eigenvalue weighted by Crippen LogP contribution is 2.65. The van der Waals surface area contributed by atoms with Gasteiger partial charge in [0.2, 0.25) is 0 Å². The molecule has 0 radical (unpaired) electrons. The second-order valence-electron chi connectivity index (χ2n) is 8.84. The van der Waals surface area contributed by atoms with Gasteiger partial charge in [-0.15, -0.1) is 0 Å². The fraction of sp³-hybridized carbons (Fsp3) is 0.650. The number of hydrogen-bond acceptors (Lipinski definition) is 6. The smallest absolute Gasteiger partial charge is 0.166 e. The molecule has 26 heavy (non-hydrogen) atoms. The molecule has 0 unspecified atom stereocenters. The molecule has 2 heterocycles. The first kappa shape index (κ1) is 15.3. The van der Waals surface area contributed by atoms with E-state index in [2.05, 4.69) is 10.1 Å². The van der Waals surface area contributed by atoms with Gasteiger partial charge in [0, 0.05) is 18.2 Å². The van der Waals surface area contributed by atoms with Crippen molar-refractivity contribution < 1.29 is 20.2 Å². The molecular formula is C20H24N2O4. The van der Waals surface area contributed by atoms with Gasteiger partial charge in [0.15, 0.2) is 17.6 Å². The molecule has 1 spiro atoms. The van der Waals surface area contributed by atoms with Crippen molar-refractivity contribution in [2.45, 2.75) is 61.7 Å². The van der Waals surface area contributed by atoms with Gasteiger partial charge in [0.05, 0.1) is 16.7 Å². The van der Waals surface area contributed by atoms with E-state index in [1.807, 2.05) is 6.07 Å². The zero-order chi connectivity index (χ0) is 17.7. The minimum absolute atomic E-state index is 0.0613. The van der Waals surface area contributed by atoms with E-state index in [-0.39, 0.29) is 11.8 Å². The quantitative estimate of drug-likeness (QED) is 0.556. The topological polar surface area (TPSA) is 85.5 Å². The molecule has 2 saturated carbocycles. The summed E-state index contributed by atoms with van der Waals surface area (Å²) in [4.78, 5) is 2.49. The minimum Gasteiger partial charge on any atom is -0.504 e. The molecule has 138 valence electrons. The number of likely N-dealkylation sites (tertiary alicyclic amines) is 1. The van der Waals surface area contributed by atoms with Crippen LogP contribution in [-0.2, 0) is 11.8 Å². The Hall–Kier alpha value is -1.79. The number of phenols is 1. The molecule has 2 aliphatic heterocycles. The lowest BCUT2D eigenvalue weighted by Crippen LogP contribution is -2.76. The number of rotatable bonds is 2. The third kappa shape index (κ3) is 1.59. The minimum atomic E-state index is -0.912. The molecule has 1 aromatic rings. The number of phenolic OH excluding ortho intramolecular Hbond substituents is 1. The first-order valence-corrected chi connectivity index (χ1v) is 9.78. The molecule has 5 aliphatic rings. The van der Waals surface area contributed by atoms with E-state index in [4.69, 9.17) is 4.74 Å². The molecule has 6 heteroatoms. The Morgan fingerprint density at radius 3 is 2.88 bits per heavy atom. The number of ether oxygens (including phenoxy) is 1. The standard InChI is InChI=1S/C20H24N2O4/c23-14-4-3-12-9-15-20(24)6-5-13(21-25)18-19(20,16(12)17(14)26-18)7-8-22(15)10-11-1-2-11/h3-4,11,15,18,23-25H,1-2,5-10H2/b21-13+/t15-,18+,19+,20-/m1/s1. The third-order valence-corrected chi connectivity index (χ3v) is 7.71. The average molecular weight is 356 g/mol. The number of piperidine rings is 1. The summed E-state index contributed by atoms with van der Waals surface area (Å²) in [6.45, 7) is 1.98. The molecule has 6 rings (SSSR count). The highest BCUT2D eigenvalue weighted by molar-refractivity contribution is 5.94. The molecule has 6 nitrogen and oxygen atoms in total. The zero-order valence-corrected chi connectivity index (χ0v) is 14.7. The lowest BCUT2D eigenvalue weighted by molar-refractivity contribution is -0.167. The van der Waals surface area contributed by atoms with E-state index in [1.165, 1.54) is 12.8 Å². The molecule has 3 N–H and O–H groups in total. The highest BCUT2D eigenvalue weighted by atomic mass is 16.5. The van der Waals surface area contributed by atoms with E-state index in [0.717, 1.165) is 43.0 Å². The first-order valence-electron chi connectivity index (χ1n) is 9.78. The van der Waals surface area contributed by atoms with Crippen LogP contribution in [0, 0.1) is 5.92 Å². The Kier molecular flexibility index (Phi) is 2.78. The molecule has 0 amide bonds. The van der Waals surface area contributed by atoms with Crippen molar-refractivity contribution in [1.29, 1.82) is 0 Å². The molecule has 3 fully saturated rings. The average Bonchev–Trinajstić information content (AvgIpc) is 3.37. The van der Waals surface area contributed by atoms with Crippen molar-refractivity contribution in [2.24, 2.45) is 11.1 Å². The fourth-order valence-corrected chi connectivity index (χ4v) is 6.38. The predicted molar refractivity (Wildman–Crippen MR) is 94.0 cm³/mol. The van der Waals surface area contributed by atoms with E-state index in [9.17, 15) is 15.4 Å². The van der Waals surface area contributed by atoms with Crippen molar-refractivity contribution in [3.63, 3.8) is 0 Å². The molecule has 3 aliphatic carbocycles. The van der Waals surface area contributed by atoms with E-state index in [0.29, 0.717) is 24.3 Å². The first-order chi connectivity index (χ1) is 12.6. The monoisotopic (exact) mass is 356 g/mol. The SMILES string of the molecule is O/N=C1\CC[C@@]2(O)[C@H]3Cc4ccc(O)c5c4[C@@]2(CCN3CC2CC2)[C@H]1O5. The molecular weight excluding hydrogens is 332 g/mol. The summed E-state index contributed by atoms with van der Waals surface area (Å²) in [7, 11) is 0. The molecule has 1 saturated heterocycles. The van der Waals surface area contributed by atoms with Crippen LogP contribution in [-0.4, -0.2) is 56.9 Å². The lowest BCUT2D eigenvalue weighted by Gasteiger charge is -2.63. The van der Waals surface area contributed by atoms with E-state index in [1.54, 1.807) is 6.07 Å². The Bertz CT molecular complexity index is 835. The van der Waals surface area contributed by atoms with Crippen molar-refractivity contribution in [3.05, 3.63) is 23.3 Å². The maximum absolute atomic E-state index is 12.1. The number of benzene rings is 1. The van der Waals surface area contributed by atoms with Crippen molar-refractivity contribution in [3.8, 4) is 11.5 Å². The van der Waals surface area contributed by atoms with Gasteiger partial charge in [-0.1, -0.05) is 11.2 Å². The van der Waals surface area contributed by atoms with Crippen LogP contribution in [0.2, 0.25) is 0 Å². The van der Waals surface area contributed by atoms with Crippen LogP contribution >= 0.6 is 0 Å². The number of aromatic hydroxyl groups is 1. The van der Waals surface area contributed by atoms with Crippen molar-refractivity contribution in [2.75, 3.05) is 13.1 Å². The fourth-order valence-electron chi connectivity index (χ4n) is 6.38. The number of nitrogens with zero attached hydrogens (tertiary/aromatic N) is 2. The summed E-state index contributed by atoms with van der Waals surface area (Å²) >= 11 is 0. The van der Waals surface area contributed by atoms with E-state index < -0.39 is 17.1 Å². The summed E-state index contributed by atoms with van der Waals surface area (Å²) in [5.41, 5.74) is 1.19. The lowest BCUT2D eigenvalue weighted by atomic mass is 9.49. The summed E-state index contributed by atoms with van der Waals surface area (Å²) in [5.74, 6) is 1.38. The Morgan fingerprint density at radius 1 is 1.27 bits per heavy atom. The summed E-state index contributed by atoms with van der Waals surface area (Å²) < 4.78 is 6.19. The van der Waals surface area contributed by atoms with Gasteiger partial charge in [0.25, 0.3) is 0 Å². The van der Waals surface area contributed by atoms with Crippen LogP contribution in [0.25, 0.3) is 0 Å². The highest BCUT2D eigenvalue weighted by Gasteiger charge is 2.72. The van der Waals surface area contributed by atoms with Crippen molar-refractivity contribution >= 4 is 5.71 Å². The zero-order valence-electron chi connectivity index (χ0n) is 14.7. The second-order valence-corrected chi connectivity index (χ2v) is 8.84.